The Labute approximate surface area is 139 Å². The second kappa shape index (κ2) is 5.10. The first kappa shape index (κ1) is 13.1. The van der Waals surface area contributed by atoms with Gasteiger partial charge in [0.15, 0.2) is 6.21 Å². The molecule has 0 saturated carbocycles. The number of benzene rings is 2. The second-order valence-corrected chi connectivity index (χ2v) is 5.85. The van der Waals surface area contributed by atoms with E-state index < -0.39 is 0 Å². The van der Waals surface area contributed by atoms with Crippen LogP contribution in [-0.2, 0) is 0 Å². The molecule has 3 heteroatoms. The van der Waals surface area contributed by atoms with Crippen molar-refractivity contribution in [2.45, 2.75) is 0 Å². The Morgan fingerprint density at radius 1 is 0.917 bits per heavy atom. The monoisotopic (exact) mass is 311 g/mol. The fraction of sp³-hybridized carbons (Fsp3) is 0. The molecule has 2 aromatic carbocycles. The van der Waals surface area contributed by atoms with Gasteiger partial charge in [0.2, 0.25) is 5.69 Å². The SMILES string of the molecule is C1=[NH+]c2ccccc2/C1=C(\c1ccco1)c1c[nH]c2ccccc12. The summed E-state index contributed by atoms with van der Waals surface area (Å²) in [7, 11) is 0. The molecule has 0 spiro atoms. The topological polar surface area (TPSA) is 42.9 Å². The van der Waals surface area contributed by atoms with E-state index in [0.29, 0.717) is 0 Å². The number of aromatic nitrogens is 1. The van der Waals surface area contributed by atoms with Crippen LogP contribution in [0.1, 0.15) is 16.9 Å². The molecule has 2 N–H and O–H groups in total. The summed E-state index contributed by atoms with van der Waals surface area (Å²) in [6.45, 7) is 0. The summed E-state index contributed by atoms with van der Waals surface area (Å²) >= 11 is 0. The largest absolute Gasteiger partial charge is 0.464 e. The zero-order chi connectivity index (χ0) is 15.9. The van der Waals surface area contributed by atoms with Crippen molar-refractivity contribution in [2.24, 2.45) is 0 Å². The van der Waals surface area contributed by atoms with Crippen molar-refractivity contribution >= 4 is 34.0 Å². The third-order valence-corrected chi connectivity index (χ3v) is 4.48. The molecule has 4 aromatic rings. The number of rotatable bonds is 2. The van der Waals surface area contributed by atoms with E-state index in [1.165, 1.54) is 10.9 Å². The highest BCUT2D eigenvalue weighted by atomic mass is 16.3. The molecule has 0 fully saturated rings. The number of hydrogen-bond donors (Lipinski definition) is 2. The van der Waals surface area contributed by atoms with E-state index >= 15 is 0 Å². The van der Waals surface area contributed by atoms with Crippen molar-refractivity contribution in [1.82, 2.24) is 4.98 Å². The molecule has 0 saturated heterocycles. The number of aromatic amines is 1. The van der Waals surface area contributed by atoms with E-state index in [9.17, 15) is 0 Å². The van der Waals surface area contributed by atoms with Crippen LogP contribution >= 0.6 is 0 Å². The fourth-order valence-electron chi connectivity index (χ4n) is 3.39. The van der Waals surface area contributed by atoms with Crippen LogP contribution in [0.25, 0.3) is 22.0 Å². The predicted molar refractivity (Wildman–Crippen MR) is 96.1 cm³/mol. The van der Waals surface area contributed by atoms with Gasteiger partial charge in [-0.05, 0) is 24.3 Å². The third kappa shape index (κ3) is 1.88. The predicted octanol–water partition coefficient (Wildman–Crippen LogP) is 3.52. The van der Waals surface area contributed by atoms with Crippen LogP contribution in [0.3, 0.4) is 0 Å². The van der Waals surface area contributed by atoms with Gasteiger partial charge in [-0.25, -0.2) is 4.99 Å². The summed E-state index contributed by atoms with van der Waals surface area (Å²) < 4.78 is 5.78. The molecule has 114 valence electrons. The van der Waals surface area contributed by atoms with Gasteiger partial charge in [0.05, 0.1) is 17.4 Å². The Bertz CT molecular complexity index is 1100. The van der Waals surface area contributed by atoms with E-state index in [0.717, 1.165) is 33.7 Å². The molecule has 0 bridgehead atoms. The lowest BCUT2D eigenvalue weighted by molar-refractivity contribution is -0.342. The molecule has 1 aliphatic heterocycles. The van der Waals surface area contributed by atoms with Gasteiger partial charge >= 0.3 is 0 Å². The number of allylic oxidation sites excluding steroid dienone is 1. The average Bonchev–Trinajstić information content (AvgIpc) is 3.36. The number of nitrogens with one attached hydrogen (secondary N) is 2. The fourth-order valence-corrected chi connectivity index (χ4v) is 3.39. The van der Waals surface area contributed by atoms with E-state index in [2.05, 4.69) is 58.8 Å². The first-order chi connectivity index (χ1) is 11.9. The number of H-pyrrole nitrogens is 1. The molecule has 3 heterocycles. The highest BCUT2D eigenvalue weighted by molar-refractivity contribution is 6.24. The number of hydrogen-bond acceptors (Lipinski definition) is 1. The molecule has 2 aromatic heterocycles. The van der Waals surface area contributed by atoms with Crippen LogP contribution in [0.15, 0.2) is 77.5 Å². The maximum atomic E-state index is 5.78. The van der Waals surface area contributed by atoms with E-state index in [4.69, 9.17) is 4.42 Å². The van der Waals surface area contributed by atoms with E-state index in [1.807, 2.05) is 24.3 Å². The Hall–Kier alpha value is -3.33. The molecule has 0 unspecified atom stereocenters. The van der Waals surface area contributed by atoms with Crippen LogP contribution < -0.4 is 4.99 Å². The molecule has 3 nitrogen and oxygen atoms in total. The molecule has 5 rings (SSSR count). The molecule has 0 aliphatic carbocycles. The summed E-state index contributed by atoms with van der Waals surface area (Å²) in [5, 5.41) is 1.19. The van der Waals surface area contributed by atoms with Crippen molar-refractivity contribution in [3.8, 4) is 0 Å². The minimum absolute atomic E-state index is 0.865. The molecule has 24 heavy (non-hydrogen) atoms. The van der Waals surface area contributed by atoms with Gasteiger partial charge in [-0.2, -0.15) is 0 Å². The summed E-state index contributed by atoms with van der Waals surface area (Å²) in [5.74, 6) is 0.865. The highest BCUT2D eigenvalue weighted by Gasteiger charge is 2.25. The van der Waals surface area contributed by atoms with E-state index in [1.54, 1.807) is 6.26 Å². The molecule has 1 aliphatic rings. The quantitative estimate of drug-likeness (QED) is 0.584. The lowest BCUT2D eigenvalue weighted by Gasteiger charge is -2.07. The van der Waals surface area contributed by atoms with Gasteiger partial charge in [-0.3, -0.25) is 0 Å². The van der Waals surface area contributed by atoms with Crippen LogP contribution in [-0.4, -0.2) is 11.2 Å². The second-order valence-electron chi connectivity index (χ2n) is 5.85. The minimum Gasteiger partial charge on any atom is -0.464 e. The number of fused-ring (bicyclic) bond motifs is 2. The number of furan rings is 1. The first-order valence-corrected chi connectivity index (χ1v) is 7.95. The van der Waals surface area contributed by atoms with Crippen molar-refractivity contribution in [2.75, 3.05) is 0 Å². The van der Waals surface area contributed by atoms with Crippen molar-refractivity contribution in [3.05, 3.63) is 90.0 Å². The van der Waals surface area contributed by atoms with Crippen LogP contribution in [0, 0.1) is 0 Å². The Balaban J connectivity index is 1.86. The van der Waals surface area contributed by atoms with Crippen molar-refractivity contribution in [3.63, 3.8) is 0 Å². The Morgan fingerprint density at radius 3 is 2.71 bits per heavy atom. The van der Waals surface area contributed by atoms with Gasteiger partial charge in [0.25, 0.3) is 0 Å². The maximum absolute atomic E-state index is 5.78. The molecule has 0 amide bonds. The summed E-state index contributed by atoms with van der Waals surface area (Å²) in [5.41, 5.74) is 6.81. The standard InChI is InChI=1S/C21H14N2O/c1-3-8-18-14(6-1)16(12-22-18)21(20-10-5-11-24-20)17-13-23-19-9-4-2-7-15(17)19/h1-13,22H/p+1/b21-17-. The van der Waals surface area contributed by atoms with Gasteiger partial charge in [-0.1, -0.05) is 30.3 Å². The smallest absolute Gasteiger partial charge is 0.211 e. The van der Waals surface area contributed by atoms with Crippen molar-refractivity contribution < 1.29 is 9.41 Å². The average molecular weight is 311 g/mol. The Morgan fingerprint density at radius 2 is 1.79 bits per heavy atom. The maximum Gasteiger partial charge on any atom is 0.211 e. The van der Waals surface area contributed by atoms with E-state index in [-0.39, 0.29) is 0 Å². The van der Waals surface area contributed by atoms with Gasteiger partial charge in [0, 0.05) is 34.3 Å². The lowest BCUT2D eigenvalue weighted by Crippen LogP contribution is -2.58. The number of para-hydroxylation sites is 2. The minimum atomic E-state index is 0.865. The highest BCUT2D eigenvalue weighted by Crippen LogP contribution is 2.37. The van der Waals surface area contributed by atoms with Crippen LogP contribution in [0.2, 0.25) is 0 Å². The van der Waals surface area contributed by atoms with Crippen LogP contribution in [0.5, 0.6) is 0 Å². The van der Waals surface area contributed by atoms with Crippen molar-refractivity contribution in [1.29, 1.82) is 0 Å². The summed E-state index contributed by atoms with van der Waals surface area (Å²) in [4.78, 5) is 6.74. The molecular weight excluding hydrogens is 296 g/mol. The first-order valence-electron chi connectivity index (χ1n) is 7.95. The van der Waals surface area contributed by atoms with Gasteiger partial charge < -0.3 is 9.40 Å². The molecule has 0 radical (unpaired) electrons. The third-order valence-electron chi connectivity index (χ3n) is 4.48. The molecule has 0 atom stereocenters. The van der Waals surface area contributed by atoms with Gasteiger partial charge in [0.1, 0.15) is 5.76 Å². The zero-order valence-corrected chi connectivity index (χ0v) is 12.9. The normalized spacial score (nSPS) is 15.0. The molecular formula is C21H15N2O+. The zero-order valence-electron chi connectivity index (χ0n) is 12.9. The lowest BCUT2D eigenvalue weighted by atomic mass is 9.94. The van der Waals surface area contributed by atoms with Crippen LogP contribution in [0.4, 0.5) is 5.69 Å². The summed E-state index contributed by atoms with van der Waals surface area (Å²) in [6.07, 6.45) is 5.84. The Kier molecular flexibility index (Phi) is 2.79. The van der Waals surface area contributed by atoms with Gasteiger partial charge in [-0.15, -0.1) is 0 Å². The summed E-state index contributed by atoms with van der Waals surface area (Å²) in [6, 6.07) is 20.6.